The highest BCUT2D eigenvalue weighted by Gasteiger charge is 2.47. The third kappa shape index (κ3) is 7.42. The smallest absolute Gasteiger partial charge is 0.271 e. The lowest BCUT2D eigenvalue weighted by molar-refractivity contribution is 0.00675. The number of allylic oxidation sites excluding steroid dienone is 2. The second kappa shape index (κ2) is 15.2. The van der Waals surface area contributed by atoms with E-state index in [1.54, 1.807) is 36.5 Å². The van der Waals surface area contributed by atoms with E-state index >= 15 is 0 Å². The Labute approximate surface area is 316 Å². The van der Waals surface area contributed by atoms with Gasteiger partial charge in [0.25, 0.3) is 5.91 Å². The Kier molecular flexibility index (Phi) is 10.6. The third-order valence-electron chi connectivity index (χ3n) is 10.4. The van der Waals surface area contributed by atoms with Crippen LogP contribution in [-0.4, -0.2) is 81.0 Å². The van der Waals surface area contributed by atoms with Gasteiger partial charge in [0.1, 0.15) is 28.7 Å². The van der Waals surface area contributed by atoms with Gasteiger partial charge < -0.3 is 30.0 Å². The maximum Gasteiger partial charge on any atom is 0.271 e. The van der Waals surface area contributed by atoms with Crippen molar-refractivity contribution in [2.45, 2.75) is 67.5 Å². The maximum atomic E-state index is 14.7. The quantitative estimate of drug-likeness (QED) is 0.143. The fourth-order valence-corrected chi connectivity index (χ4v) is 7.78. The summed E-state index contributed by atoms with van der Waals surface area (Å²) in [7, 11) is 1.52. The van der Waals surface area contributed by atoms with Gasteiger partial charge in [-0.3, -0.25) is 14.7 Å². The molecule has 3 aliphatic rings. The predicted molar refractivity (Wildman–Crippen MR) is 198 cm³/mol. The van der Waals surface area contributed by atoms with Gasteiger partial charge >= 0.3 is 0 Å². The normalized spacial score (nSPS) is 23.9. The molecule has 2 unspecified atom stereocenters. The van der Waals surface area contributed by atoms with Gasteiger partial charge in [-0.05, 0) is 66.7 Å². The molecule has 1 saturated carbocycles. The Balaban J connectivity index is 1.23. The van der Waals surface area contributed by atoms with Crippen LogP contribution in [0, 0.1) is 11.3 Å². The Bertz CT molecular complexity index is 2120. The number of carbonyl (C=O) groups excluding carboxylic acids is 1. The van der Waals surface area contributed by atoms with Crippen molar-refractivity contribution in [3.05, 3.63) is 106 Å². The Morgan fingerprint density at radius 1 is 1.23 bits per heavy atom. The molecule has 14 heteroatoms. The number of oxazole rings is 1. The molecule has 2 fully saturated rings. The Hall–Kier alpha value is -4.35. The average molecular weight is 762 g/mol. The minimum Gasteiger partial charge on any atom is -0.496 e. The fourth-order valence-electron chi connectivity index (χ4n) is 7.12. The van der Waals surface area contributed by atoms with Gasteiger partial charge in [-0.25, -0.2) is 9.37 Å². The number of pyridine rings is 1. The van der Waals surface area contributed by atoms with Gasteiger partial charge in [0.05, 0.1) is 30.8 Å². The number of nitriles is 1. The van der Waals surface area contributed by atoms with Crippen molar-refractivity contribution >= 4 is 45.8 Å². The zero-order valence-electron chi connectivity index (χ0n) is 29.0. The lowest BCUT2D eigenvalue weighted by Crippen LogP contribution is -2.52. The fraction of sp³-hybridized carbons (Fsp3) is 0.385. The largest absolute Gasteiger partial charge is 0.496 e. The first-order valence-electron chi connectivity index (χ1n) is 17.5. The molecule has 2 aromatic carbocycles. The molecule has 2 aliphatic carbocycles. The van der Waals surface area contributed by atoms with Crippen molar-refractivity contribution in [3.8, 4) is 11.8 Å². The number of alkyl halides is 2. The van der Waals surface area contributed by atoms with Crippen LogP contribution in [0.3, 0.4) is 0 Å². The number of hydrogen-bond acceptors (Lipinski definition) is 10. The van der Waals surface area contributed by atoms with E-state index in [2.05, 4.69) is 26.6 Å². The topological polar surface area (TPSA) is 157 Å². The molecule has 11 nitrogen and oxygen atoms in total. The van der Waals surface area contributed by atoms with Crippen molar-refractivity contribution in [3.63, 3.8) is 0 Å². The number of aliphatic hydroxyl groups is 2. The number of halogens is 3. The number of rotatable bonds is 11. The molecule has 1 amide bonds. The van der Waals surface area contributed by atoms with Crippen LogP contribution >= 0.6 is 23.2 Å². The summed E-state index contributed by atoms with van der Waals surface area (Å²) in [6.45, 7) is 1.28. The van der Waals surface area contributed by atoms with E-state index in [9.17, 15) is 24.7 Å². The standard InChI is InChI=1S/C39H39Cl2FN6O5/c1-52-33-17-32(45-20-25(33)19-44-26-15-27(50)16-26)36(51)47-39(8-4-6-29(35(39)41)28-5-2-3-7-30(28)40)37-46-31-14-23(13-24(18-43)34(31)53-37)21-48-11-9-38(42,22-49)10-12-48/h2-8,13-14,17,20,26-27,35,44,49-50H,9-12,15-16,19,21-22H2,1H3,(H,47,51). The minimum atomic E-state index is -1.58. The molecular formula is C39H39Cl2FN6O5. The monoisotopic (exact) mass is 760 g/mol. The molecule has 53 heavy (non-hydrogen) atoms. The first kappa shape index (κ1) is 37.0. The van der Waals surface area contributed by atoms with Gasteiger partial charge in [0.2, 0.25) is 5.89 Å². The van der Waals surface area contributed by atoms with E-state index in [1.807, 2.05) is 30.3 Å². The van der Waals surface area contributed by atoms with E-state index in [-0.39, 0.29) is 47.7 Å². The highest BCUT2D eigenvalue weighted by molar-refractivity contribution is 6.34. The molecule has 7 rings (SSSR count). The first-order chi connectivity index (χ1) is 25.5. The van der Waals surface area contributed by atoms with Crippen LogP contribution in [0.2, 0.25) is 5.02 Å². The highest BCUT2D eigenvalue weighted by atomic mass is 35.5. The number of nitrogens with zero attached hydrogens (tertiary/aromatic N) is 4. The van der Waals surface area contributed by atoms with Crippen molar-refractivity contribution in [1.29, 1.82) is 5.26 Å². The Morgan fingerprint density at radius 3 is 2.70 bits per heavy atom. The summed E-state index contributed by atoms with van der Waals surface area (Å²) in [4.78, 5) is 25.6. The van der Waals surface area contributed by atoms with E-state index in [0.717, 1.165) is 11.1 Å². The summed E-state index contributed by atoms with van der Waals surface area (Å²) in [6.07, 6.45) is 8.32. The number of fused-ring (bicyclic) bond motifs is 1. The second-order valence-electron chi connectivity index (χ2n) is 13.9. The summed E-state index contributed by atoms with van der Waals surface area (Å²) in [5.41, 5.74) is 0.544. The van der Waals surface area contributed by atoms with Gasteiger partial charge in [0, 0.05) is 55.1 Å². The van der Waals surface area contributed by atoms with Crippen molar-refractivity contribution in [1.82, 2.24) is 25.5 Å². The maximum absolute atomic E-state index is 14.7. The van der Waals surface area contributed by atoms with Crippen LogP contribution in [0.4, 0.5) is 4.39 Å². The van der Waals surface area contributed by atoms with Gasteiger partial charge in [-0.2, -0.15) is 5.26 Å². The summed E-state index contributed by atoms with van der Waals surface area (Å²) in [6, 6.07) is 14.7. The minimum absolute atomic E-state index is 0.0435. The van der Waals surface area contributed by atoms with Crippen LogP contribution in [0.15, 0.2) is 71.3 Å². The van der Waals surface area contributed by atoms with Crippen LogP contribution in [-0.2, 0) is 18.6 Å². The van der Waals surface area contributed by atoms with Crippen LogP contribution in [0.5, 0.6) is 5.75 Å². The summed E-state index contributed by atoms with van der Waals surface area (Å²) < 4.78 is 26.7. The van der Waals surface area contributed by atoms with E-state index in [4.69, 9.17) is 37.3 Å². The zero-order valence-corrected chi connectivity index (χ0v) is 30.5. The molecule has 2 aromatic heterocycles. The molecule has 4 aromatic rings. The zero-order chi connectivity index (χ0) is 37.3. The average Bonchev–Trinajstić information content (AvgIpc) is 3.60. The molecule has 2 atom stereocenters. The number of amides is 1. The number of nitrogens with one attached hydrogen (secondary N) is 2. The molecule has 0 bridgehead atoms. The van der Waals surface area contributed by atoms with Gasteiger partial charge in [-0.1, -0.05) is 42.0 Å². The highest BCUT2D eigenvalue weighted by Crippen LogP contribution is 2.44. The molecule has 1 aliphatic heterocycles. The SMILES string of the molecule is COc1cc(C(=O)NC2(c3nc4cc(CN5CCC(F)(CO)CC5)cc(C#N)c4o3)C=CC=C(c3ccccc3Cl)C2Cl)ncc1CNC1CC(O)C1. The molecule has 0 radical (unpaired) electrons. The van der Waals surface area contributed by atoms with Crippen LogP contribution in [0.1, 0.15) is 64.3 Å². The van der Waals surface area contributed by atoms with Crippen molar-refractivity contribution in [2.24, 2.45) is 0 Å². The number of carbonyl (C=O) groups is 1. The van der Waals surface area contributed by atoms with Crippen molar-refractivity contribution < 1.29 is 28.6 Å². The molecule has 3 heterocycles. The Morgan fingerprint density at radius 2 is 2.00 bits per heavy atom. The van der Waals surface area contributed by atoms with Crippen LogP contribution < -0.4 is 15.4 Å². The summed E-state index contributed by atoms with van der Waals surface area (Å²) in [5.74, 6) is -0.0804. The van der Waals surface area contributed by atoms with E-state index in [0.29, 0.717) is 66.4 Å². The first-order valence-corrected chi connectivity index (χ1v) is 18.3. The second-order valence-corrected chi connectivity index (χ2v) is 14.8. The lowest BCUT2D eigenvalue weighted by atomic mass is 9.82. The van der Waals surface area contributed by atoms with E-state index < -0.39 is 29.1 Å². The molecule has 0 spiro atoms. The van der Waals surface area contributed by atoms with Gasteiger partial charge in [-0.15, -0.1) is 11.6 Å². The number of methoxy groups -OCH3 is 1. The number of ether oxygens (including phenoxy) is 1. The number of aromatic nitrogens is 2. The summed E-state index contributed by atoms with van der Waals surface area (Å²) >= 11 is 14.0. The predicted octanol–water partition coefficient (Wildman–Crippen LogP) is 5.55. The number of benzene rings is 2. The molecular weight excluding hydrogens is 722 g/mol. The molecule has 1 saturated heterocycles. The number of hydrogen-bond donors (Lipinski definition) is 4. The van der Waals surface area contributed by atoms with Crippen LogP contribution in [0.25, 0.3) is 16.7 Å². The molecule has 276 valence electrons. The molecule has 4 N–H and O–H groups in total. The lowest BCUT2D eigenvalue weighted by Gasteiger charge is -2.36. The van der Waals surface area contributed by atoms with E-state index in [1.165, 1.54) is 7.11 Å². The van der Waals surface area contributed by atoms with Crippen molar-refractivity contribution in [2.75, 3.05) is 26.8 Å². The third-order valence-corrected chi connectivity index (χ3v) is 11.3. The number of aliphatic hydroxyl groups excluding tert-OH is 2. The summed E-state index contributed by atoms with van der Waals surface area (Å²) in [5, 5.41) is 35.2. The number of piperidine rings is 1. The van der Waals surface area contributed by atoms with Gasteiger partial charge in [0.15, 0.2) is 11.1 Å². The number of likely N-dealkylation sites (tertiary alicyclic amines) is 1.